The summed E-state index contributed by atoms with van der Waals surface area (Å²) in [6, 6.07) is -0.0133. The molecule has 15 heavy (non-hydrogen) atoms. The summed E-state index contributed by atoms with van der Waals surface area (Å²) in [6.07, 6.45) is 1.70. The van der Waals surface area contributed by atoms with Gasteiger partial charge < -0.3 is 14.8 Å². The molecular weight excluding hydrogens is 198 g/mol. The molecule has 0 aromatic heterocycles. The maximum atomic E-state index is 11.5. The lowest BCUT2D eigenvalue weighted by molar-refractivity contribution is -0.149. The molecule has 1 amide bonds. The van der Waals surface area contributed by atoms with Crippen LogP contribution in [0.1, 0.15) is 26.2 Å². The zero-order chi connectivity index (χ0) is 10.8. The quantitative estimate of drug-likeness (QED) is 0.690. The van der Waals surface area contributed by atoms with E-state index in [9.17, 15) is 9.59 Å². The molecule has 1 aliphatic heterocycles. The minimum Gasteiger partial charge on any atom is -0.466 e. The fraction of sp³-hybridized carbons (Fsp3) is 0.800. The van der Waals surface area contributed by atoms with Gasteiger partial charge in [-0.3, -0.25) is 4.79 Å². The van der Waals surface area contributed by atoms with E-state index in [2.05, 4.69) is 5.32 Å². The van der Waals surface area contributed by atoms with Gasteiger partial charge in [-0.2, -0.15) is 0 Å². The maximum Gasteiger partial charge on any atom is 0.407 e. The number of nitrogens with one attached hydrogen (secondary N) is 1. The third-order valence-electron chi connectivity index (χ3n) is 2.97. The molecule has 5 heteroatoms. The number of hydrogen-bond acceptors (Lipinski definition) is 4. The summed E-state index contributed by atoms with van der Waals surface area (Å²) in [5.41, 5.74) is 0. The van der Waals surface area contributed by atoms with Gasteiger partial charge in [0.15, 0.2) is 0 Å². The molecule has 1 aliphatic carbocycles. The summed E-state index contributed by atoms with van der Waals surface area (Å²) < 4.78 is 10.0. The van der Waals surface area contributed by atoms with Crippen LogP contribution in [-0.4, -0.2) is 30.8 Å². The molecule has 84 valence electrons. The van der Waals surface area contributed by atoms with E-state index in [1.54, 1.807) is 6.92 Å². The van der Waals surface area contributed by atoms with Gasteiger partial charge >= 0.3 is 12.1 Å². The van der Waals surface area contributed by atoms with Crippen LogP contribution < -0.4 is 5.32 Å². The maximum absolute atomic E-state index is 11.5. The van der Waals surface area contributed by atoms with Crippen LogP contribution in [0, 0.1) is 5.92 Å². The average Bonchev–Trinajstić information content (AvgIpc) is 2.57. The lowest BCUT2D eigenvalue weighted by Gasteiger charge is -2.27. The Kier molecular flexibility index (Phi) is 2.79. The predicted molar refractivity (Wildman–Crippen MR) is 51.2 cm³/mol. The summed E-state index contributed by atoms with van der Waals surface area (Å²) in [4.78, 5) is 22.5. The average molecular weight is 213 g/mol. The van der Waals surface area contributed by atoms with Crippen molar-refractivity contribution < 1.29 is 19.1 Å². The fourth-order valence-corrected chi connectivity index (χ4v) is 2.23. The van der Waals surface area contributed by atoms with E-state index in [1.165, 1.54) is 0 Å². The Morgan fingerprint density at radius 1 is 1.60 bits per heavy atom. The Morgan fingerprint density at radius 2 is 2.40 bits per heavy atom. The van der Waals surface area contributed by atoms with Gasteiger partial charge in [-0.15, -0.1) is 0 Å². The van der Waals surface area contributed by atoms with Crippen LogP contribution in [0.25, 0.3) is 0 Å². The Balaban J connectivity index is 1.92. The molecule has 2 rings (SSSR count). The highest BCUT2D eigenvalue weighted by Gasteiger charge is 2.41. The van der Waals surface area contributed by atoms with E-state index < -0.39 is 0 Å². The summed E-state index contributed by atoms with van der Waals surface area (Å²) in [5.74, 6) is -0.245. The number of ether oxygens (including phenoxy) is 2. The number of esters is 1. The number of carbonyl (C=O) groups excluding carboxylic acids is 2. The summed E-state index contributed by atoms with van der Waals surface area (Å²) >= 11 is 0. The lowest BCUT2D eigenvalue weighted by atomic mass is 9.84. The first-order chi connectivity index (χ1) is 7.20. The molecule has 0 aromatic carbocycles. The zero-order valence-corrected chi connectivity index (χ0v) is 8.69. The van der Waals surface area contributed by atoms with Gasteiger partial charge in [-0.1, -0.05) is 0 Å². The van der Waals surface area contributed by atoms with Gasteiger partial charge in [0, 0.05) is 0 Å². The molecule has 3 unspecified atom stereocenters. The van der Waals surface area contributed by atoms with Crippen molar-refractivity contribution in [1.29, 1.82) is 0 Å². The molecule has 1 heterocycles. The molecule has 3 atom stereocenters. The number of hydrogen-bond donors (Lipinski definition) is 1. The Bertz CT molecular complexity index is 279. The van der Waals surface area contributed by atoms with E-state index in [0.717, 1.165) is 12.8 Å². The van der Waals surface area contributed by atoms with Crippen molar-refractivity contribution in [2.75, 3.05) is 6.61 Å². The van der Waals surface area contributed by atoms with Gasteiger partial charge in [-0.25, -0.2) is 4.79 Å². The standard InChI is InChI=1S/C10H15NO4/c1-2-14-9(12)6-3-4-8-7(5-6)11-10(13)15-8/h6-8H,2-5H2,1H3,(H,11,13). The van der Waals surface area contributed by atoms with Crippen molar-refractivity contribution in [1.82, 2.24) is 5.32 Å². The second-order valence-corrected chi connectivity index (χ2v) is 3.96. The van der Waals surface area contributed by atoms with Crippen molar-refractivity contribution in [3.8, 4) is 0 Å². The predicted octanol–water partition coefficient (Wildman–Crippen LogP) is 0.827. The van der Waals surface area contributed by atoms with E-state index in [1.807, 2.05) is 0 Å². The van der Waals surface area contributed by atoms with Crippen LogP contribution in [0.2, 0.25) is 0 Å². The van der Waals surface area contributed by atoms with Crippen LogP contribution >= 0.6 is 0 Å². The second kappa shape index (κ2) is 4.08. The molecule has 1 saturated heterocycles. The largest absolute Gasteiger partial charge is 0.466 e. The summed E-state index contributed by atoms with van der Waals surface area (Å²) in [6.45, 7) is 2.20. The van der Waals surface area contributed by atoms with Crippen molar-refractivity contribution in [3.05, 3.63) is 0 Å². The smallest absolute Gasteiger partial charge is 0.407 e. The van der Waals surface area contributed by atoms with Gasteiger partial charge in [-0.05, 0) is 26.2 Å². The van der Waals surface area contributed by atoms with Crippen LogP contribution in [-0.2, 0) is 14.3 Å². The van der Waals surface area contributed by atoms with Gasteiger partial charge in [0.1, 0.15) is 6.10 Å². The Labute approximate surface area is 88.1 Å². The summed E-state index contributed by atoms with van der Waals surface area (Å²) in [5, 5.41) is 2.71. The first-order valence-electron chi connectivity index (χ1n) is 5.34. The van der Waals surface area contributed by atoms with E-state index >= 15 is 0 Å². The van der Waals surface area contributed by atoms with Crippen molar-refractivity contribution in [2.45, 2.75) is 38.3 Å². The number of alkyl carbamates (subject to hydrolysis) is 1. The SMILES string of the molecule is CCOC(=O)C1CCC2OC(=O)NC2C1. The molecule has 0 radical (unpaired) electrons. The number of carbonyl (C=O) groups is 2. The van der Waals surface area contributed by atoms with Gasteiger partial charge in [0.2, 0.25) is 0 Å². The fourth-order valence-electron chi connectivity index (χ4n) is 2.23. The van der Waals surface area contributed by atoms with Gasteiger partial charge in [0.25, 0.3) is 0 Å². The molecule has 1 N–H and O–H groups in total. The number of rotatable bonds is 2. The summed E-state index contributed by atoms with van der Waals surface area (Å²) in [7, 11) is 0. The highest BCUT2D eigenvalue weighted by Crippen LogP contribution is 2.30. The third kappa shape index (κ3) is 2.06. The molecular formula is C10H15NO4. The molecule has 2 aliphatic rings. The lowest BCUT2D eigenvalue weighted by Crippen LogP contribution is -2.40. The van der Waals surface area contributed by atoms with Crippen molar-refractivity contribution in [2.24, 2.45) is 5.92 Å². The van der Waals surface area contributed by atoms with Crippen LogP contribution in [0.15, 0.2) is 0 Å². The first-order valence-corrected chi connectivity index (χ1v) is 5.34. The number of fused-ring (bicyclic) bond motifs is 1. The second-order valence-electron chi connectivity index (χ2n) is 3.96. The monoisotopic (exact) mass is 213 g/mol. The minimum absolute atomic E-state index is 0.0133. The van der Waals surface area contributed by atoms with Crippen LogP contribution in [0.5, 0.6) is 0 Å². The minimum atomic E-state index is -0.366. The highest BCUT2D eigenvalue weighted by atomic mass is 16.6. The Morgan fingerprint density at radius 3 is 3.13 bits per heavy atom. The van der Waals surface area contributed by atoms with Gasteiger partial charge in [0.05, 0.1) is 18.6 Å². The molecule has 1 saturated carbocycles. The number of amides is 1. The normalized spacial score (nSPS) is 33.9. The highest BCUT2D eigenvalue weighted by molar-refractivity contribution is 5.74. The van der Waals surface area contributed by atoms with E-state index in [4.69, 9.17) is 9.47 Å². The Hall–Kier alpha value is -1.26. The molecule has 5 nitrogen and oxygen atoms in total. The molecule has 0 aromatic rings. The third-order valence-corrected chi connectivity index (χ3v) is 2.97. The molecule has 2 fully saturated rings. The van der Waals surface area contributed by atoms with Crippen LogP contribution in [0.3, 0.4) is 0 Å². The van der Waals surface area contributed by atoms with Crippen molar-refractivity contribution in [3.63, 3.8) is 0 Å². The zero-order valence-electron chi connectivity index (χ0n) is 8.69. The van der Waals surface area contributed by atoms with E-state index in [-0.39, 0.29) is 30.1 Å². The van der Waals surface area contributed by atoms with E-state index in [0.29, 0.717) is 13.0 Å². The first kappa shape index (κ1) is 10.3. The topological polar surface area (TPSA) is 64.6 Å². The molecule has 0 spiro atoms. The van der Waals surface area contributed by atoms with Crippen LogP contribution in [0.4, 0.5) is 4.79 Å². The van der Waals surface area contributed by atoms with Crippen molar-refractivity contribution >= 4 is 12.1 Å². The molecule has 0 bridgehead atoms.